The first kappa shape index (κ1) is 15.0. The topological polar surface area (TPSA) is 57.6 Å². The maximum absolute atomic E-state index is 12.5. The molecule has 1 saturated heterocycles. The summed E-state index contributed by atoms with van der Waals surface area (Å²) in [4.78, 5) is 27.6. The maximum Gasteiger partial charge on any atom is 0.311 e. The average molecular weight is 295 g/mol. The van der Waals surface area contributed by atoms with Crippen molar-refractivity contribution in [2.45, 2.75) is 39.5 Å². The number of carbonyl (C=O) groups is 2. The standard InChI is InChI=1S/C15H21NO3S/c1-3-7-15(14(18)19)8-4-9-16(10-15)13(17)12-6-5-11(2)20-12/h5-6H,3-4,7-10H2,1-2H3,(H,18,19). The lowest BCUT2D eigenvalue weighted by atomic mass is 9.76. The van der Waals surface area contributed by atoms with Gasteiger partial charge in [0.05, 0.1) is 10.3 Å². The largest absolute Gasteiger partial charge is 0.481 e. The molecule has 1 aliphatic rings. The second-order valence-electron chi connectivity index (χ2n) is 5.58. The Morgan fingerprint density at radius 1 is 1.45 bits per heavy atom. The molecule has 1 aliphatic heterocycles. The van der Waals surface area contributed by atoms with E-state index in [9.17, 15) is 14.7 Å². The molecule has 1 aromatic heterocycles. The summed E-state index contributed by atoms with van der Waals surface area (Å²) in [6, 6.07) is 3.76. The summed E-state index contributed by atoms with van der Waals surface area (Å²) in [5, 5.41) is 9.56. The zero-order valence-electron chi connectivity index (χ0n) is 12.0. The number of aliphatic carboxylic acids is 1. The van der Waals surface area contributed by atoms with Gasteiger partial charge in [-0.25, -0.2) is 0 Å². The summed E-state index contributed by atoms with van der Waals surface area (Å²) in [7, 11) is 0. The third kappa shape index (κ3) is 2.87. The predicted molar refractivity (Wildman–Crippen MR) is 79.2 cm³/mol. The van der Waals surface area contributed by atoms with Gasteiger partial charge in [-0.3, -0.25) is 9.59 Å². The minimum atomic E-state index is -0.765. The van der Waals surface area contributed by atoms with Gasteiger partial charge in [0.15, 0.2) is 0 Å². The van der Waals surface area contributed by atoms with Crippen LogP contribution in [0.15, 0.2) is 12.1 Å². The SMILES string of the molecule is CCCC1(C(=O)O)CCCN(C(=O)c2ccc(C)s2)C1. The highest BCUT2D eigenvalue weighted by Crippen LogP contribution is 2.36. The van der Waals surface area contributed by atoms with Crippen LogP contribution in [0, 0.1) is 12.3 Å². The summed E-state index contributed by atoms with van der Waals surface area (Å²) < 4.78 is 0. The van der Waals surface area contributed by atoms with Crippen LogP contribution in [0.4, 0.5) is 0 Å². The number of hydrogen-bond donors (Lipinski definition) is 1. The van der Waals surface area contributed by atoms with Crippen molar-refractivity contribution in [3.05, 3.63) is 21.9 Å². The molecule has 0 radical (unpaired) electrons. The number of likely N-dealkylation sites (tertiary alicyclic amines) is 1. The molecule has 1 atom stereocenters. The van der Waals surface area contributed by atoms with E-state index in [4.69, 9.17) is 0 Å². The normalized spacial score (nSPS) is 22.8. The van der Waals surface area contributed by atoms with Crippen LogP contribution in [0.5, 0.6) is 0 Å². The van der Waals surface area contributed by atoms with E-state index in [1.807, 2.05) is 26.0 Å². The Bertz CT molecular complexity index is 507. The molecule has 2 rings (SSSR count). The monoisotopic (exact) mass is 295 g/mol. The summed E-state index contributed by atoms with van der Waals surface area (Å²) in [6.07, 6.45) is 2.90. The lowest BCUT2D eigenvalue weighted by Crippen LogP contribution is -2.49. The molecule has 0 aliphatic carbocycles. The second kappa shape index (κ2) is 5.95. The van der Waals surface area contributed by atoms with Crippen molar-refractivity contribution in [3.8, 4) is 0 Å². The molecule has 5 heteroatoms. The fraction of sp³-hybridized carbons (Fsp3) is 0.600. The van der Waals surface area contributed by atoms with Gasteiger partial charge in [-0.15, -0.1) is 11.3 Å². The van der Waals surface area contributed by atoms with Gasteiger partial charge >= 0.3 is 5.97 Å². The van der Waals surface area contributed by atoms with Gasteiger partial charge < -0.3 is 10.0 Å². The average Bonchev–Trinajstić information content (AvgIpc) is 2.85. The molecule has 1 fully saturated rings. The molecule has 1 N–H and O–H groups in total. The van der Waals surface area contributed by atoms with E-state index in [2.05, 4.69) is 0 Å². The highest BCUT2D eigenvalue weighted by molar-refractivity contribution is 7.13. The minimum absolute atomic E-state index is 0.0236. The molecule has 110 valence electrons. The highest BCUT2D eigenvalue weighted by atomic mass is 32.1. The molecular weight excluding hydrogens is 274 g/mol. The van der Waals surface area contributed by atoms with Gasteiger partial charge in [0, 0.05) is 18.0 Å². The van der Waals surface area contributed by atoms with Crippen LogP contribution in [0.1, 0.15) is 47.2 Å². The van der Waals surface area contributed by atoms with Crippen molar-refractivity contribution in [1.29, 1.82) is 0 Å². The Kier molecular flexibility index (Phi) is 4.48. The van der Waals surface area contributed by atoms with E-state index in [-0.39, 0.29) is 5.91 Å². The van der Waals surface area contributed by atoms with E-state index in [1.165, 1.54) is 11.3 Å². The van der Waals surface area contributed by atoms with E-state index >= 15 is 0 Å². The summed E-state index contributed by atoms with van der Waals surface area (Å²) in [6.45, 7) is 4.96. The minimum Gasteiger partial charge on any atom is -0.481 e. The van der Waals surface area contributed by atoms with E-state index in [0.29, 0.717) is 30.8 Å². The van der Waals surface area contributed by atoms with Gasteiger partial charge in [0.2, 0.25) is 0 Å². The molecule has 0 spiro atoms. The van der Waals surface area contributed by atoms with Gasteiger partial charge in [-0.2, -0.15) is 0 Å². The fourth-order valence-corrected chi connectivity index (χ4v) is 3.81. The third-order valence-electron chi connectivity index (χ3n) is 4.00. The Balaban J connectivity index is 2.17. The molecule has 0 aromatic carbocycles. The summed E-state index contributed by atoms with van der Waals surface area (Å²) in [5.74, 6) is -0.788. The molecule has 1 amide bonds. The number of aryl methyl sites for hydroxylation is 1. The molecule has 0 saturated carbocycles. The van der Waals surface area contributed by atoms with Crippen LogP contribution in [-0.4, -0.2) is 35.0 Å². The highest BCUT2D eigenvalue weighted by Gasteiger charge is 2.43. The number of rotatable bonds is 4. The molecule has 2 heterocycles. The molecular formula is C15H21NO3S. The van der Waals surface area contributed by atoms with Gasteiger partial charge in [-0.05, 0) is 38.3 Å². The Morgan fingerprint density at radius 3 is 2.75 bits per heavy atom. The molecule has 0 bridgehead atoms. The maximum atomic E-state index is 12.5. The Hall–Kier alpha value is -1.36. The lowest BCUT2D eigenvalue weighted by Gasteiger charge is -2.39. The first-order valence-electron chi connectivity index (χ1n) is 7.07. The fourth-order valence-electron chi connectivity index (χ4n) is 2.97. The van der Waals surface area contributed by atoms with Crippen LogP contribution >= 0.6 is 11.3 Å². The third-order valence-corrected chi connectivity index (χ3v) is 4.99. The molecule has 20 heavy (non-hydrogen) atoms. The summed E-state index contributed by atoms with van der Waals surface area (Å²) in [5.41, 5.74) is -0.755. The van der Waals surface area contributed by atoms with Crippen molar-refractivity contribution >= 4 is 23.2 Å². The van der Waals surface area contributed by atoms with Crippen molar-refractivity contribution in [2.75, 3.05) is 13.1 Å². The van der Waals surface area contributed by atoms with Crippen LogP contribution < -0.4 is 0 Å². The Morgan fingerprint density at radius 2 is 2.20 bits per heavy atom. The van der Waals surface area contributed by atoms with E-state index in [0.717, 1.165) is 17.7 Å². The van der Waals surface area contributed by atoms with Gasteiger partial charge in [0.1, 0.15) is 0 Å². The van der Waals surface area contributed by atoms with Crippen LogP contribution in [0.3, 0.4) is 0 Å². The zero-order chi connectivity index (χ0) is 14.8. The van der Waals surface area contributed by atoms with Gasteiger partial charge in [-0.1, -0.05) is 13.3 Å². The number of thiophene rings is 1. The first-order valence-corrected chi connectivity index (χ1v) is 7.89. The molecule has 4 nitrogen and oxygen atoms in total. The zero-order valence-corrected chi connectivity index (χ0v) is 12.8. The van der Waals surface area contributed by atoms with Crippen LogP contribution in [-0.2, 0) is 4.79 Å². The number of nitrogens with zero attached hydrogens (tertiary/aromatic N) is 1. The van der Waals surface area contributed by atoms with E-state index < -0.39 is 11.4 Å². The number of piperidine rings is 1. The summed E-state index contributed by atoms with van der Waals surface area (Å²) >= 11 is 1.47. The van der Waals surface area contributed by atoms with Crippen molar-refractivity contribution in [1.82, 2.24) is 4.90 Å². The van der Waals surface area contributed by atoms with E-state index in [1.54, 1.807) is 4.90 Å². The van der Waals surface area contributed by atoms with Crippen molar-refractivity contribution < 1.29 is 14.7 Å². The number of carboxylic acid groups (broad SMARTS) is 1. The quantitative estimate of drug-likeness (QED) is 0.928. The first-order chi connectivity index (χ1) is 9.48. The number of carbonyl (C=O) groups excluding carboxylic acids is 1. The van der Waals surface area contributed by atoms with Crippen molar-refractivity contribution in [3.63, 3.8) is 0 Å². The van der Waals surface area contributed by atoms with Crippen molar-refractivity contribution in [2.24, 2.45) is 5.41 Å². The Labute approximate surface area is 123 Å². The number of amides is 1. The number of hydrogen-bond acceptors (Lipinski definition) is 3. The lowest BCUT2D eigenvalue weighted by molar-refractivity contribution is -0.152. The van der Waals surface area contributed by atoms with Crippen LogP contribution in [0.2, 0.25) is 0 Å². The molecule has 1 unspecified atom stereocenters. The molecule has 1 aromatic rings. The smallest absolute Gasteiger partial charge is 0.311 e. The van der Waals surface area contributed by atoms with Crippen LogP contribution in [0.25, 0.3) is 0 Å². The number of carboxylic acids is 1. The predicted octanol–water partition coefficient (Wildman–Crippen LogP) is 3.16. The second-order valence-corrected chi connectivity index (χ2v) is 6.86. The van der Waals surface area contributed by atoms with Gasteiger partial charge in [0.25, 0.3) is 5.91 Å².